The van der Waals surface area contributed by atoms with Crippen LogP contribution in [0.3, 0.4) is 0 Å². The minimum absolute atomic E-state index is 0.0767. The Morgan fingerprint density at radius 1 is 1.41 bits per heavy atom. The Hall–Kier alpha value is -1.62. The maximum absolute atomic E-state index is 13.1. The number of ether oxygens (including phenoxy) is 1. The van der Waals surface area contributed by atoms with Crippen molar-refractivity contribution >= 4 is 5.91 Å². The summed E-state index contributed by atoms with van der Waals surface area (Å²) in [7, 11) is 3.22. The molecule has 0 fully saturated rings. The van der Waals surface area contributed by atoms with Gasteiger partial charge in [-0.1, -0.05) is 0 Å². The fraction of sp³-hybridized carbons (Fsp3) is 0.417. The van der Waals surface area contributed by atoms with Gasteiger partial charge in [0.15, 0.2) is 11.6 Å². The molecule has 0 atom stereocenters. The lowest BCUT2D eigenvalue weighted by Crippen LogP contribution is -2.26. The smallest absolute Gasteiger partial charge is 0.251 e. The maximum Gasteiger partial charge on any atom is 0.251 e. The first kappa shape index (κ1) is 13.4. The number of nitrogens with one attached hydrogen (secondary N) is 2. The molecular weight excluding hydrogens is 223 g/mol. The highest BCUT2D eigenvalue weighted by Gasteiger charge is 2.09. The van der Waals surface area contributed by atoms with E-state index in [0.717, 1.165) is 13.0 Å². The molecule has 0 heterocycles. The molecular formula is C12H17FN2O2. The van der Waals surface area contributed by atoms with E-state index in [1.54, 1.807) is 0 Å². The van der Waals surface area contributed by atoms with Crippen molar-refractivity contribution in [3.8, 4) is 5.75 Å². The molecule has 1 rings (SSSR count). The molecule has 0 aliphatic rings. The fourth-order valence-corrected chi connectivity index (χ4v) is 1.37. The molecule has 0 unspecified atom stereocenters. The molecule has 1 aromatic carbocycles. The van der Waals surface area contributed by atoms with E-state index >= 15 is 0 Å². The van der Waals surface area contributed by atoms with E-state index < -0.39 is 5.82 Å². The summed E-state index contributed by atoms with van der Waals surface area (Å²) in [6.45, 7) is 1.42. The van der Waals surface area contributed by atoms with Gasteiger partial charge in [-0.2, -0.15) is 0 Å². The third-order valence-electron chi connectivity index (χ3n) is 2.30. The third-order valence-corrected chi connectivity index (χ3v) is 2.30. The summed E-state index contributed by atoms with van der Waals surface area (Å²) in [5.41, 5.74) is 0.396. The van der Waals surface area contributed by atoms with Crippen molar-refractivity contribution in [2.75, 3.05) is 27.2 Å². The van der Waals surface area contributed by atoms with Crippen molar-refractivity contribution in [3.63, 3.8) is 0 Å². The van der Waals surface area contributed by atoms with Crippen molar-refractivity contribution in [3.05, 3.63) is 29.6 Å². The van der Waals surface area contributed by atoms with Crippen LogP contribution in [0, 0.1) is 5.82 Å². The summed E-state index contributed by atoms with van der Waals surface area (Å²) >= 11 is 0. The topological polar surface area (TPSA) is 50.4 Å². The van der Waals surface area contributed by atoms with E-state index in [2.05, 4.69) is 10.6 Å². The molecule has 0 aliphatic carbocycles. The molecule has 5 heteroatoms. The molecule has 0 aliphatic heterocycles. The Bertz CT molecular complexity index is 383. The quantitative estimate of drug-likeness (QED) is 0.734. The zero-order valence-corrected chi connectivity index (χ0v) is 10.0. The largest absolute Gasteiger partial charge is 0.494 e. The minimum Gasteiger partial charge on any atom is -0.494 e. The van der Waals surface area contributed by atoms with Crippen LogP contribution in [0.25, 0.3) is 0 Å². The average molecular weight is 240 g/mol. The normalized spacial score (nSPS) is 10.1. The summed E-state index contributed by atoms with van der Waals surface area (Å²) in [4.78, 5) is 11.7. The number of halogens is 1. The molecule has 0 spiro atoms. The van der Waals surface area contributed by atoms with Crippen LogP contribution in [0.2, 0.25) is 0 Å². The SMILES string of the molecule is CNCCCNC(=O)c1ccc(F)c(OC)c1. The first-order valence-electron chi connectivity index (χ1n) is 5.45. The number of rotatable bonds is 6. The highest BCUT2D eigenvalue weighted by Crippen LogP contribution is 2.17. The predicted octanol–water partition coefficient (Wildman–Crippen LogP) is 1.17. The molecule has 1 amide bonds. The number of amides is 1. The van der Waals surface area contributed by atoms with Gasteiger partial charge < -0.3 is 15.4 Å². The van der Waals surface area contributed by atoms with Crippen LogP contribution in [-0.2, 0) is 0 Å². The standard InChI is InChI=1S/C12H17FN2O2/c1-14-6-3-7-15-12(16)9-4-5-10(13)11(8-9)17-2/h4-5,8,14H,3,6-7H2,1-2H3,(H,15,16). The van der Waals surface area contributed by atoms with E-state index in [-0.39, 0.29) is 11.7 Å². The van der Waals surface area contributed by atoms with Gasteiger partial charge in [0.2, 0.25) is 0 Å². The van der Waals surface area contributed by atoms with Crippen molar-refractivity contribution in [1.82, 2.24) is 10.6 Å². The average Bonchev–Trinajstić information content (AvgIpc) is 2.35. The molecule has 4 nitrogen and oxygen atoms in total. The van der Waals surface area contributed by atoms with E-state index in [9.17, 15) is 9.18 Å². The van der Waals surface area contributed by atoms with Crippen molar-refractivity contribution < 1.29 is 13.9 Å². The molecule has 0 saturated heterocycles. The highest BCUT2D eigenvalue weighted by atomic mass is 19.1. The molecule has 0 radical (unpaired) electrons. The summed E-state index contributed by atoms with van der Waals surface area (Å²) in [5, 5.41) is 5.73. The number of methoxy groups -OCH3 is 1. The number of carbonyl (C=O) groups is 1. The van der Waals surface area contributed by atoms with Gasteiger partial charge in [0.25, 0.3) is 5.91 Å². The molecule has 94 valence electrons. The van der Waals surface area contributed by atoms with Gasteiger partial charge >= 0.3 is 0 Å². The van der Waals surface area contributed by atoms with Gasteiger partial charge in [0.1, 0.15) is 0 Å². The summed E-state index contributed by atoms with van der Waals surface area (Å²) in [5.74, 6) is -0.619. The summed E-state index contributed by atoms with van der Waals surface area (Å²) in [6, 6.07) is 4.05. The van der Waals surface area contributed by atoms with E-state index in [1.807, 2.05) is 7.05 Å². The Labute approximate surface area is 100 Å². The van der Waals surface area contributed by atoms with Gasteiger partial charge in [-0.3, -0.25) is 4.79 Å². The Balaban J connectivity index is 2.57. The van der Waals surface area contributed by atoms with Gasteiger partial charge in [-0.25, -0.2) is 4.39 Å². The van der Waals surface area contributed by atoms with Crippen molar-refractivity contribution in [2.45, 2.75) is 6.42 Å². The number of hydrogen-bond donors (Lipinski definition) is 2. The van der Waals surface area contributed by atoms with Crippen LogP contribution in [0.15, 0.2) is 18.2 Å². The molecule has 2 N–H and O–H groups in total. The second kappa shape index (κ2) is 6.85. The van der Waals surface area contributed by atoms with Crippen LogP contribution in [0.4, 0.5) is 4.39 Å². The molecule has 17 heavy (non-hydrogen) atoms. The third kappa shape index (κ3) is 4.03. The Kier molecular flexibility index (Phi) is 5.42. The molecule has 0 aromatic heterocycles. The van der Waals surface area contributed by atoms with Crippen LogP contribution >= 0.6 is 0 Å². The lowest BCUT2D eigenvalue weighted by molar-refractivity contribution is 0.0953. The van der Waals surface area contributed by atoms with E-state index in [1.165, 1.54) is 25.3 Å². The van der Waals surface area contributed by atoms with Gasteiger partial charge in [0.05, 0.1) is 7.11 Å². The summed E-state index contributed by atoms with van der Waals surface area (Å²) < 4.78 is 17.9. The summed E-state index contributed by atoms with van der Waals surface area (Å²) in [6.07, 6.45) is 0.848. The van der Waals surface area contributed by atoms with E-state index in [4.69, 9.17) is 4.74 Å². The number of carbonyl (C=O) groups excluding carboxylic acids is 1. The Morgan fingerprint density at radius 2 is 2.18 bits per heavy atom. The second-order valence-electron chi connectivity index (χ2n) is 3.56. The van der Waals surface area contributed by atoms with Crippen molar-refractivity contribution in [1.29, 1.82) is 0 Å². The zero-order chi connectivity index (χ0) is 12.7. The number of hydrogen-bond acceptors (Lipinski definition) is 3. The van der Waals surface area contributed by atoms with Gasteiger partial charge in [0, 0.05) is 12.1 Å². The van der Waals surface area contributed by atoms with Crippen LogP contribution in [0.1, 0.15) is 16.8 Å². The Morgan fingerprint density at radius 3 is 2.82 bits per heavy atom. The molecule has 0 saturated carbocycles. The second-order valence-corrected chi connectivity index (χ2v) is 3.56. The van der Waals surface area contributed by atoms with Crippen LogP contribution in [-0.4, -0.2) is 33.2 Å². The van der Waals surface area contributed by atoms with Crippen LogP contribution < -0.4 is 15.4 Å². The lowest BCUT2D eigenvalue weighted by atomic mass is 10.2. The van der Waals surface area contributed by atoms with Crippen molar-refractivity contribution in [2.24, 2.45) is 0 Å². The lowest BCUT2D eigenvalue weighted by Gasteiger charge is -2.07. The molecule has 1 aromatic rings. The van der Waals surface area contributed by atoms with Gasteiger partial charge in [-0.15, -0.1) is 0 Å². The van der Waals surface area contributed by atoms with Crippen LogP contribution in [0.5, 0.6) is 5.75 Å². The van der Waals surface area contributed by atoms with E-state index in [0.29, 0.717) is 12.1 Å². The minimum atomic E-state index is -0.473. The maximum atomic E-state index is 13.1. The predicted molar refractivity (Wildman–Crippen MR) is 63.8 cm³/mol. The first-order chi connectivity index (χ1) is 8.19. The first-order valence-corrected chi connectivity index (χ1v) is 5.45. The van der Waals surface area contributed by atoms with Gasteiger partial charge in [-0.05, 0) is 38.2 Å². The number of benzene rings is 1. The molecule has 0 bridgehead atoms. The zero-order valence-electron chi connectivity index (χ0n) is 10.0. The highest BCUT2D eigenvalue weighted by molar-refractivity contribution is 5.94. The monoisotopic (exact) mass is 240 g/mol. The fourth-order valence-electron chi connectivity index (χ4n) is 1.37.